The second kappa shape index (κ2) is 5.08. The van der Waals surface area contributed by atoms with Crippen LogP contribution >= 0.6 is 0 Å². The molecule has 4 nitrogen and oxygen atoms in total. The molecule has 0 aromatic heterocycles. The van der Waals surface area contributed by atoms with Gasteiger partial charge in [0.2, 0.25) is 0 Å². The summed E-state index contributed by atoms with van der Waals surface area (Å²) in [5, 5.41) is 8.71. The minimum atomic E-state index is -0.751. The lowest BCUT2D eigenvalue weighted by Crippen LogP contribution is -2.23. The van der Waals surface area contributed by atoms with Gasteiger partial charge in [0.1, 0.15) is 5.75 Å². The van der Waals surface area contributed by atoms with Crippen LogP contribution in [0.25, 0.3) is 0 Å². The summed E-state index contributed by atoms with van der Waals surface area (Å²) in [6.07, 6.45) is 1.11. The second-order valence-electron chi connectivity index (χ2n) is 4.07. The number of nitrogens with zero attached hydrogens (tertiary/aromatic N) is 1. The number of hydrogen-bond donors (Lipinski definition) is 1. The Morgan fingerprint density at radius 1 is 1.53 bits per heavy atom. The van der Waals surface area contributed by atoms with Crippen LogP contribution in [0, 0.1) is 0 Å². The van der Waals surface area contributed by atoms with Crippen LogP contribution in [-0.2, 0) is 11.2 Å². The fourth-order valence-electron chi connectivity index (χ4n) is 2.22. The predicted octanol–water partition coefficient (Wildman–Crippen LogP) is 1.92. The summed E-state index contributed by atoms with van der Waals surface area (Å²) in [6.45, 7) is 4.08. The average Bonchev–Trinajstić information content (AvgIpc) is 2.71. The lowest BCUT2D eigenvalue weighted by atomic mass is 10.1. The third kappa shape index (κ3) is 2.52. The Labute approximate surface area is 101 Å². The van der Waals surface area contributed by atoms with E-state index in [2.05, 4.69) is 4.90 Å². The number of ether oxygens (including phenoxy) is 1. The van der Waals surface area contributed by atoms with Crippen LogP contribution in [0.4, 0.5) is 5.69 Å². The van der Waals surface area contributed by atoms with Crippen molar-refractivity contribution in [2.45, 2.75) is 19.8 Å². The molecule has 0 bridgehead atoms. The van der Waals surface area contributed by atoms with E-state index in [1.54, 1.807) is 0 Å². The number of benzene rings is 1. The highest BCUT2D eigenvalue weighted by molar-refractivity contribution is 5.69. The van der Waals surface area contributed by atoms with Gasteiger partial charge in [-0.2, -0.15) is 0 Å². The predicted molar refractivity (Wildman–Crippen MR) is 65.8 cm³/mol. The molecule has 0 atom stereocenters. The largest absolute Gasteiger partial charge is 0.494 e. The molecule has 1 heterocycles. The fourth-order valence-corrected chi connectivity index (χ4v) is 2.22. The first-order valence-corrected chi connectivity index (χ1v) is 5.93. The van der Waals surface area contributed by atoms with E-state index in [4.69, 9.17) is 9.84 Å². The first-order valence-electron chi connectivity index (χ1n) is 5.93. The van der Waals surface area contributed by atoms with Crippen LogP contribution in [0.3, 0.4) is 0 Å². The van der Waals surface area contributed by atoms with E-state index in [0.29, 0.717) is 13.2 Å². The Morgan fingerprint density at radius 2 is 2.35 bits per heavy atom. The monoisotopic (exact) mass is 235 g/mol. The second-order valence-corrected chi connectivity index (χ2v) is 4.07. The molecule has 0 aliphatic carbocycles. The fraction of sp³-hybridized carbons (Fsp3) is 0.462. The summed E-state index contributed by atoms with van der Waals surface area (Å²) in [5.41, 5.74) is 2.33. The molecule has 1 aromatic rings. The maximum Gasteiger partial charge on any atom is 0.305 e. The van der Waals surface area contributed by atoms with Crippen LogP contribution in [0.1, 0.15) is 18.9 Å². The minimum Gasteiger partial charge on any atom is -0.494 e. The molecule has 0 amide bonds. The van der Waals surface area contributed by atoms with Gasteiger partial charge in [0.05, 0.1) is 13.0 Å². The third-order valence-electron chi connectivity index (χ3n) is 2.98. The Morgan fingerprint density at radius 3 is 3.06 bits per heavy atom. The van der Waals surface area contributed by atoms with Crippen LogP contribution in [0.5, 0.6) is 5.75 Å². The first kappa shape index (κ1) is 11.8. The molecule has 4 heteroatoms. The van der Waals surface area contributed by atoms with Gasteiger partial charge in [0.25, 0.3) is 0 Å². The highest BCUT2D eigenvalue weighted by atomic mass is 16.5. The van der Waals surface area contributed by atoms with Gasteiger partial charge in [0, 0.05) is 24.3 Å². The van der Waals surface area contributed by atoms with Gasteiger partial charge in [0.15, 0.2) is 0 Å². The van der Waals surface area contributed by atoms with E-state index in [9.17, 15) is 4.79 Å². The summed E-state index contributed by atoms with van der Waals surface area (Å²) < 4.78 is 5.58. The highest BCUT2D eigenvalue weighted by Gasteiger charge is 2.22. The zero-order chi connectivity index (χ0) is 12.3. The molecule has 0 spiro atoms. The molecule has 1 aromatic carbocycles. The molecular weight excluding hydrogens is 218 g/mol. The molecule has 0 saturated carbocycles. The summed E-state index contributed by atoms with van der Waals surface area (Å²) in [5.74, 6) is 0.183. The van der Waals surface area contributed by atoms with E-state index in [1.807, 2.05) is 25.1 Å². The maximum atomic E-state index is 10.6. The van der Waals surface area contributed by atoms with Crippen molar-refractivity contribution in [2.75, 3.05) is 24.6 Å². The molecule has 1 aliphatic heterocycles. The van der Waals surface area contributed by atoms with E-state index in [-0.39, 0.29) is 6.42 Å². The highest BCUT2D eigenvalue weighted by Crippen LogP contribution is 2.34. The Balaban J connectivity index is 2.14. The third-order valence-corrected chi connectivity index (χ3v) is 2.98. The van der Waals surface area contributed by atoms with Gasteiger partial charge in [-0.1, -0.05) is 6.07 Å². The van der Waals surface area contributed by atoms with Crippen molar-refractivity contribution in [3.05, 3.63) is 23.8 Å². The van der Waals surface area contributed by atoms with Gasteiger partial charge in [-0.15, -0.1) is 0 Å². The molecular formula is C13H17NO3. The van der Waals surface area contributed by atoms with Crippen molar-refractivity contribution in [2.24, 2.45) is 0 Å². The van der Waals surface area contributed by atoms with Crippen LogP contribution in [0.15, 0.2) is 18.2 Å². The molecule has 1 aliphatic rings. The maximum absolute atomic E-state index is 10.6. The molecule has 2 rings (SSSR count). The van der Waals surface area contributed by atoms with E-state index in [0.717, 1.165) is 24.4 Å². The van der Waals surface area contributed by atoms with Crippen LogP contribution in [0.2, 0.25) is 0 Å². The molecule has 1 N–H and O–H groups in total. The van der Waals surface area contributed by atoms with Crippen molar-refractivity contribution < 1.29 is 14.6 Å². The standard InChI is InChI=1S/C13H17NO3/c1-2-17-12-5-3-4-11-10(12)6-8-14(11)9-7-13(15)16/h3-5H,2,6-9H2,1H3,(H,15,16). The number of aliphatic carboxylic acids is 1. The van der Waals surface area contributed by atoms with Crippen molar-refractivity contribution in [1.29, 1.82) is 0 Å². The SMILES string of the molecule is CCOc1cccc2c1CCN2CCC(=O)O. The van der Waals surface area contributed by atoms with Gasteiger partial charge in [-0.25, -0.2) is 0 Å². The molecule has 0 unspecified atom stereocenters. The summed E-state index contributed by atoms with van der Waals surface area (Å²) >= 11 is 0. The summed E-state index contributed by atoms with van der Waals surface area (Å²) in [4.78, 5) is 12.7. The summed E-state index contributed by atoms with van der Waals surface area (Å²) in [6, 6.07) is 5.97. The Kier molecular flexibility index (Phi) is 3.52. The molecule has 92 valence electrons. The van der Waals surface area contributed by atoms with Crippen LogP contribution < -0.4 is 9.64 Å². The Bertz CT molecular complexity index is 417. The molecule has 0 saturated heterocycles. The minimum absolute atomic E-state index is 0.179. The number of carboxylic acids is 1. The van der Waals surface area contributed by atoms with Crippen molar-refractivity contribution in [3.8, 4) is 5.75 Å². The first-order chi connectivity index (χ1) is 8.22. The van der Waals surface area contributed by atoms with Crippen molar-refractivity contribution in [3.63, 3.8) is 0 Å². The van der Waals surface area contributed by atoms with Crippen molar-refractivity contribution >= 4 is 11.7 Å². The van der Waals surface area contributed by atoms with E-state index in [1.165, 1.54) is 5.56 Å². The number of rotatable bonds is 5. The molecule has 0 fully saturated rings. The number of hydrogen-bond acceptors (Lipinski definition) is 3. The zero-order valence-electron chi connectivity index (χ0n) is 9.98. The lowest BCUT2D eigenvalue weighted by molar-refractivity contribution is -0.136. The van der Waals surface area contributed by atoms with Crippen molar-refractivity contribution in [1.82, 2.24) is 0 Å². The number of carboxylic acid groups (broad SMARTS) is 1. The topological polar surface area (TPSA) is 49.8 Å². The number of carbonyl (C=O) groups is 1. The number of fused-ring (bicyclic) bond motifs is 1. The molecule has 17 heavy (non-hydrogen) atoms. The van der Waals surface area contributed by atoms with Gasteiger partial charge in [-0.05, 0) is 25.5 Å². The summed E-state index contributed by atoms with van der Waals surface area (Å²) in [7, 11) is 0. The van der Waals surface area contributed by atoms with Crippen LogP contribution in [-0.4, -0.2) is 30.8 Å². The number of anilines is 1. The zero-order valence-corrected chi connectivity index (χ0v) is 9.98. The van der Waals surface area contributed by atoms with Gasteiger partial charge < -0.3 is 14.7 Å². The van der Waals surface area contributed by atoms with E-state index < -0.39 is 5.97 Å². The lowest BCUT2D eigenvalue weighted by Gasteiger charge is -2.18. The van der Waals surface area contributed by atoms with Gasteiger partial charge >= 0.3 is 5.97 Å². The average molecular weight is 235 g/mol. The smallest absolute Gasteiger partial charge is 0.305 e. The normalized spacial score (nSPS) is 13.6. The Hall–Kier alpha value is -1.71. The quantitative estimate of drug-likeness (QED) is 0.847. The van der Waals surface area contributed by atoms with E-state index >= 15 is 0 Å². The van der Waals surface area contributed by atoms with Gasteiger partial charge in [-0.3, -0.25) is 4.79 Å². The molecule has 0 radical (unpaired) electrons.